The van der Waals surface area contributed by atoms with Crippen LogP contribution in [0.4, 0.5) is 5.95 Å². The molecule has 22 heavy (non-hydrogen) atoms. The first-order valence-corrected chi connectivity index (χ1v) is 8.01. The first-order valence-electron chi connectivity index (χ1n) is 6.43. The van der Waals surface area contributed by atoms with Crippen LogP contribution in [0.25, 0.3) is 22.5 Å². The fourth-order valence-corrected chi connectivity index (χ4v) is 3.27. The van der Waals surface area contributed by atoms with E-state index in [2.05, 4.69) is 41.8 Å². The second kappa shape index (κ2) is 6.06. The van der Waals surface area contributed by atoms with Gasteiger partial charge < -0.3 is 10.8 Å². The standard InChI is InChI=1S/C16H11Br2N3O/c17-11-6-10(7-12(18)15(11)22)14-8-13(20-16(19)21-14)9-4-2-1-3-5-9/h1-8,22H,(H2,19,20,21). The van der Waals surface area contributed by atoms with Crippen LogP contribution >= 0.6 is 31.9 Å². The number of anilines is 1. The molecule has 1 heterocycles. The summed E-state index contributed by atoms with van der Waals surface area (Å²) in [6, 6.07) is 15.2. The minimum atomic E-state index is 0.147. The van der Waals surface area contributed by atoms with E-state index < -0.39 is 0 Å². The van der Waals surface area contributed by atoms with Gasteiger partial charge in [-0.15, -0.1) is 0 Å². The van der Waals surface area contributed by atoms with Crippen LogP contribution < -0.4 is 5.73 Å². The number of nitrogens with zero attached hydrogens (tertiary/aromatic N) is 2. The molecule has 6 heteroatoms. The summed E-state index contributed by atoms with van der Waals surface area (Å²) in [5, 5.41) is 9.81. The average molecular weight is 421 g/mol. The summed E-state index contributed by atoms with van der Waals surface area (Å²) in [4.78, 5) is 8.57. The van der Waals surface area contributed by atoms with E-state index in [0.29, 0.717) is 14.6 Å². The number of rotatable bonds is 2. The molecule has 1 aromatic heterocycles. The summed E-state index contributed by atoms with van der Waals surface area (Å²) in [6.07, 6.45) is 0. The lowest BCUT2D eigenvalue weighted by Crippen LogP contribution is -1.98. The number of aromatic nitrogens is 2. The van der Waals surface area contributed by atoms with Crippen molar-refractivity contribution in [2.75, 3.05) is 5.73 Å². The lowest BCUT2D eigenvalue weighted by atomic mass is 10.1. The van der Waals surface area contributed by atoms with Gasteiger partial charge in [0.1, 0.15) is 5.75 Å². The molecule has 3 aromatic rings. The molecule has 0 fully saturated rings. The zero-order valence-electron chi connectivity index (χ0n) is 11.3. The Labute approximate surface area is 144 Å². The maximum atomic E-state index is 9.81. The van der Waals surface area contributed by atoms with Crippen LogP contribution in [-0.2, 0) is 0 Å². The quantitative estimate of drug-likeness (QED) is 0.634. The van der Waals surface area contributed by atoms with Crippen molar-refractivity contribution in [3.05, 3.63) is 57.5 Å². The molecular formula is C16H11Br2N3O. The SMILES string of the molecule is Nc1nc(-c2ccccc2)cc(-c2cc(Br)c(O)c(Br)c2)n1. The number of hydrogen-bond donors (Lipinski definition) is 2. The van der Waals surface area contributed by atoms with Crippen LogP contribution in [0.3, 0.4) is 0 Å². The number of phenolic OH excluding ortho intramolecular Hbond substituents is 1. The van der Waals surface area contributed by atoms with Gasteiger partial charge in [0.15, 0.2) is 0 Å². The van der Waals surface area contributed by atoms with Crippen LogP contribution in [0.15, 0.2) is 57.5 Å². The molecule has 0 aliphatic carbocycles. The predicted molar refractivity (Wildman–Crippen MR) is 94.4 cm³/mol. The van der Waals surface area contributed by atoms with Crippen LogP contribution in [0.2, 0.25) is 0 Å². The molecule has 3 N–H and O–H groups in total. The summed E-state index contributed by atoms with van der Waals surface area (Å²) in [7, 11) is 0. The molecule has 4 nitrogen and oxygen atoms in total. The highest BCUT2D eigenvalue weighted by Crippen LogP contribution is 2.37. The van der Waals surface area contributed by atoms with E-state index in [1.165, 1.54) is 0 Å². The lowest BCUT2D eigenvalue weighted by Gasteiger charge is -2.08. The Hall–Kier alpha value is -1.92. The first kappa shape index (κ1) is 15.0. The number of nitrogen functional groups attached to an aromatic ring is 1. The van der Waals surface area contributed by atoms with Crippen LogP contribution in [0, 0.1) is 0 Å². The van der Waals surface area contributed by atoms with Crippen molar-refractivity contribution in [2.24, 2.45) is 0 Å². The lowest BCUT2D eigenvalue weighted by molar-refractivity contribution is 0.468. The molecule has 3 rings (SSSR count). The van der Waals surface area contributed by atoms with Gasteiger partial charge in [0.2, 0.25) is 5.95 Å². The number of phenols is 1. The molecule has 0 spiro atoms. The third-order valence-electron chi connectivity index (χ3n) is 3.13. The molecule has 110 valence electrons. The highest BCUT2D eigenvalue weighted by Gasteiger charge is 2.11. The van der Waals surface area contributed by atoms with Gasteiger partial charge in [-0.05, 0) is 50.1 Å². The molecule has 0 saturated heterocycles. The normalized spacial score (nSPS) is 10.6. The van der Waals surface area contributed by atoms with E-state index in [1.807, 2.05) is 36.4 Å². The fourth-order valence-electron chi connectivity index (χ4n) is 2.08. The van der Waals surface area contributed by atoms with Gasteiger partial charge in [-0.3, -0.25) is 0 Å². The van der Waals surface area contributed by atoms with Gasteiger partial charge in [-0.1, -0.05) is 30.3 Å². The number of aromatic hydroxyl groups is 1. The largest absolute Gasteiger partial charge is 0.506 e. The molecule has 0 saturated carbocycles. The Balaban J connectivity index is 2.15. The second-order valence-corrected chi connectivity index (χ2v) is 6.36. The Morgan fingerprint density at radius 2 is 1.36 bits per heavy atom. The van der Waals surface area contributed by atoms with Crippen molar-refractivity contribution in [2.45, 2.75) is 0 Å². The van der Waals surface area contributed by atoms with Crippen LogP contribution in [0.1, 0.15) is 0 Å². The topological polar surface area (TPSA) is 72.0 Å². The minimum Gasteiger partial charge on any atom is -0.506 e. The fraction of sp³-hybridized carbons (Fsp3) is 0. The minimum absolute atomic E-state index is 0.147. The third kappa shape index (κ3) is 2.98. The number of nitrogens with two attached hydrogens (primary N) is 1. The van der Waals surface area contributed by atoms with Gasteiger partial charge >= 0.3 is 0 Å². The van der Waals surface area contributed by atoms with E-state index in [-0.39, 0.29) is 11.7 Å². The van der Waals surface area contributed by atoms with Crippen LogP contribution in [-0.4, -0.2) is 15.1 Å². The van der Waals surface area contributed by atoms with Crippen molar-refractivity contribution in [1.82, 2.24) is 9.97 Å². The second-order valence-electron chi connectivity index (χ2n) is 4.65. The third-order valence-corrected chi connectivity index (χ3v) is 4.33. The van der Waals surface area contributed by atoms with Gasteiger partial charge in [-0.25, -0.2) is 9.97 Å². The summed E-state index contributed by atoms with van der Waals surface area (Å²) >= 11 is 6.64. The van der Waals surface area contributed by atoms with Crippen molar-refractivity contribution >= 4 is 37.8 Å². The molecule has 0 atom stereocenters. The molecular weight excluding hydrogens is 410 g/mol. The van der Waals surface area contributed by atoms with Crippen LogP contribution in [0.5, 0.6) is 5.75 Å². The van der Waals surface area contributed by atoms with E-state index in [9.17, 15) is 5.11 Å². The maximum Gasteiger partial charge on any atom is 0.221 e. The molecule has 0 aliphatic heterocycles. The maximum absolute atomic E-state index is 9.81. The predicted octanol–water partition coefficient (Wildman–Crippen LogP) is 4.62. The molecule has 2 aromatic carbocycles. The van der Waals surface area contributed by atoms with E-state index in [0.717, 1.165) is 16.8 Å². The number of halogens is 2. The zero-order valence-corrected chi connectivity index (χ0v) is 14.5. The summed E-state index contributed by atoms with van der Waals surface area (Å²) in [5.74, 6) is 0.353. The van der Waals surface area contributed by atoms with Gasteiger partial charge in [-0.2, -0.15) is 0 Å². The number of hydrogen-bond acceptors (Lipinski definition) is 4. The average Bonchev–Trinajstić information content (AvgIpc) is 2.52. The van der Waals surface area contributed by atoms with E-state index in [4.69, 9.17) is 5.73 Å². The molecule has 0 aliphatic rings. The summed E-state index contributed by atoms with van der Waals surface area (Å²) < 4.78 is 1.16. The molecule has 0 amide bonds. The Bertz CT molecular complexity index is 815. The van der Waals surface area contributed by atoms with Crippen molar-refractivity contribution < 1.29 is 5.11 Å². The molecule has 0 radical (unpaired) electrons. The Morgan fingerprint density at radius 1 is 0.818 bits per heavy atom. The van der Waals surface area contributed by atoms with E-state index >= 15 is 0 Å². The first-order chi connectivity index (χ1) is 10.5. The monoisotopic (exact) mass is 419 g/mol. The molecule has 0 bridgehead atoms. The van der Waals surface area contributed by atoms with Crippen molar-refractivity contribution in [3.8, 4) is 28.3 Å². The highest BCUT2D eigenvalue weighted by molar-refractivity contribution is 9.11. The van der Waals surface area contributed by atoms with Gasteiger partial charge in [0.05, 0.1) is 20.3 Å². The number of benzene rings is 2. The van der Waals surface area contributed by atoms with Crippen molar-refractivity contribution in [1.29, 1.82) is 0 Å². The Kier molecular flexibility index (Phi) is 4.13. The molecule has 0 unspecified atom stereocenters. The van der Waals surface area contributed by atoms with E-state index in [1.54, 1.807) is 12.1 Å². The highest BCUT2D eigenvalue weighted by atomic mass is 79.9. The summed E-state index contributed by atoms with van der Waals surface area (Å²) in [5.41, 5.74) is 9.08. The van der Waals surface area contributed by atoms with Crippen molar-refractivity contribution in [3.63, 3.8) is 0 Å². The van der Waals surface area contributed by atoms with Gasteiger partial charge in [0.25, 0.3) is 0 Å². The zero-order chi connectivity index (χ0) is 15.7. The summed E-state index contributed by atoms with van der Waals surface area (Å²) in [6.45, 7) is 0. The smallest absolute Gasteiger partial charge is 0.221 e. The Morgan fingerprint density at radius 3 is 1.95 bits per heavy atom. The van der Waals surface area contributed by atoms with Gasteiger partial charge in [0, 0.05) is 11.1 Å².